The van der Waals surface area contributed by atoms with E-state index in [1.807, 2.05) is 0 Å². The van der Waals surface area contributed by atoms with Gasteiger partial charge in [-0.15, -0.1) is 0 Å². The standard InChI is InChI=1S/C26H32N2/c1-5-9-21-17-13-14-19-23(11-7-3)28-24(12-8-4)20-16-15-18(25(17)26(19)20)22(27-21)10-6-2/h13-16H,5-12H2,1-4H3. The number of nitrogens with zero attached hydrogens (tertiary/aromatic N) is 2. The number of aromatic nitrogens is 2. The van der Waals surface area contributed by atoms with E-state index in [0.717, 1.165) is 51.4 Å². The second kappa shape index (κ2) is 8.03. The minimum Gasteiger partial charge on any atom is -0.257 e. The summed E-state index contributed by atoms with van der Waals surface area (Å²) in [4.78, 5) is 10.3. The Kier molecular flexibility index (Phi) is 5.48. The molecule has 0 fully saturated rings. The molecule has 2 heterocycles. The number of hydrogen-bond acceptors (Lipinski definition) is 2. The zero-order valence-electron chi connectivity index (χ0n) is 17.9. The summed E-state index contributed by atoms with van der Waals surface area (Å²) in [5.74, 6) is 0. The van der Waals surface area contributed by atoms with Gasteiger partial charge in [-0.1, -0.05) is 77.6 Å². The highest BCUT2D eigenvalue weighted by atomic mass is 14.7. The van der Waals surface area contributed by atoms with E-state index in [0.29, 0.717) is 0 Å². The van der Waals surface area contributed by atoms with Crippen LogP contribution in [0.4, 0.5) is 0 Å². The summed E-state index contributed by atoms with van der Waals surface area (Å²) >= 11 is 0. The quantitative estimate of drug-likeness (QED) is 0.306. The van der Waals surface area contributed by atoms with Gasteiger partial charge in [0.2, 0.25) is 0 Å². The Morgan fingerprint density at radius 1 is 0.464 bits per heavy atom. The third-order valence-corrected chi connectivity index (χ3v) is 5.89. The maximum Gasteiger partial charge on any atom is 0.0485 e. The van der Waals surface area contributed by atoms with Gasteiger partial charge in [-0.3, -0.25) is 9.97 Å². The van der Waals surface area contributed by atoms with Gasteiger partial charge in [0.1, 0.15) is 0 Å². The van der Waals surface area contributed by atoms with Gasteiger partial charge >= 0.3 is 0 Å². The van der Waals surface area contributed by atoms with Crippen LogP contribution in [-0.4, -0.2) is 9.97 Å². The van der Waals surface area contributed by atoms with Crippen LogP contribution >= 0.6 is 0 Å². The van der Waals surface area contributed by atoms with E-state index in [4.69, 9.17) is 9.97 Å². The predicted octanol–water partition coefficient (Wildman–Crippen LogP) is 7.18. The molecule has 0 spiro atoms. The number of pyridine rings is 2. The monoisotopic (exact) mass is 372 g/mol. The molecule has 0 saturated heterocycles. The van der Waals surface area contributed by atoms with Crippen molar-refractivity contribution in [1.29, 1.82) is 0 Å². The van der Waals surface area contributed by atoms with Gasteiger partial charge in [0.25, 0.3) is 0 Å². The fraction of sp³-hybridized carbons (Fsp3) is 0.462. The van der Waals surface area contributed by atoms with Crippen molar-refractivity contribution < 1.29 is 0 Å². The normalized spacial score (nSPS) is 12.0. The minimum atomic E-state index is 1.05. The Labute approximate surface area is 168 Å². The third-order valence-electron chi connectivity index (χ3n) is 5.89. The highest BCUT2D eigenvalue weighted by Crippen LogP contribution is 2.39. The van der Waals surface area contributed by atoms with Crippen molar-refractivity contribution in [3.8, 4) is 0 Å². The van der Waals surface area contributed by atoms with Crippen molar-refractivity contribution in [2.45, 2.75) is 79.1 Å². The molecule has 0 atom stereocenters. The molecule has 2 aromatic heterocycles. The van der Waals surface area contributed by atoms with Crippen molar-refractivity contribution in [1.82, 2.24) is 9.97 Å². The summed E-state index contributed by atoms with van der Waals surface area (Å²) in [7, 11) is 0. The van der Waals surface area contributed by atoms with Crippen LogP contribution in [0, 0.1) is 0 Å². The molecule has 4 rings (SSSR count). The molecular formula is C26H32N2. The van der Waals surface area contributed by atoms with Crippen LogP contribution in [0.3, 0.4) is 0 Å². The lowest BCUT2D eigenvalue weighted by atomic mass is 9.89. The molecule has 2 aromatic carbocycles. The molecule has 2 heteroatoms. The van der Waals surface area contributed by atoms with Gasteiger partial charge in [0.05, 0.1) is 0 Å². The maximum absolute atomic E-state index is 5.14. The van der Waals surface area contributed by atoms with E-state index in [1.54, 1.807) is 0 Å². The number of aryl methyl sites for hydroxylation is 4. The van der Waals surface area contributed by atoms with Crippen molar-refractivity contribution in [3.63, 3.8) is 0 Å². The molecule has 0 aliphatic rings. The first-order chi connectivity index (χ1) is 13.7. The topological polar surface area (TPSA) is 25.8 Å². The van der Waals surface area contributed by atoms with Crippen molar-refractivity contribution in [2.24, 2.45) is 0 Å². The Morgan fingerprint density at radius 2 is 0.714 bits per heavy atom. The van der Waals surface area contributed by atoms with Crippen molar-refractivity contribution in [3.05, 3.63) is 47.0 Å². The zero-order chi connectivity index (χ0) is 19.7. The second-order valence-corrected chi connectivity index (χ2v) is 8.08. The molecule has 0 aliphatic heterocycles. The van der Waals surface area contributed by atoms with Crippen LogP contribution in [0.15, 0.2) is 24.3 Å². The zero-order valence-corrected chi connectivity index (χ0v) is 17.9. The first kappa shape index (κ1) is 19.1. The van der Waals surface area contributed by atoms with Gasteiger partial charge in [0.15, 0.2) is 0 Å². The third kappa shape index (κ3) is 3.03. The van der Waals surface area contributed by atoms with E-state index in [-0.39, 0.29) is 0 Å². The first-order valence-corrected chi connectivity index (χ1v) is 11.2. The van der Waals surface area contributed by atoms with Crippen molar-refractivity contribution in [2.75, 3.05) is 0 Å². The lowest BCUT2D eigenvalue weighted by Crippen LogP contribution is -2.04. The van der Waals surface area contributed by atoms with Crippen LogP contribution < -0.4 is 0 Å². The molecule has 0 bridgehead atoms. The molecule has 146 valence electrons. The summed E-state index contributed by atoms with van der Waals surface area (Å²) in [6.45, 7) is 9.01. The van der Waals surface area contributed by atoms with Gasteiger partial charge in [-0.05, 0) is 25.7 Å². The molecule has 0 N–H and O–H groups in total. The molecule has 0 aliphatic carbocycles. The van der Waals surface area contributed by atoms with Gasteiger partial charge in [0, 0.05) is 55.1 Å². The highest BCUT2D eigenvalue weighted by Gasteiger charge is 2.19. The Morgan fingerprint density at radius 3 is 0.929 bits per heavy atom. The summed E-state index contributed by atoms with van der Waals surface area (Å²) in [5.41, 5.74) is 5.11. The highest BCUT2D eigenvalue weighted by molar-refractivity contribution is 6.24. The maximum atomic E-state index is 5.14. The van der Waals surface area contributed by atoms with Crippen LogP contribution in [0.25, 0.3) is 32.3 Å². The number of hydrogen-bond donors (Lipinski definition) is 0. The van der Waals surface area contributed by atoms with Crippen molar-refractivity contribution >= 4 is 32.3 Å². The predicted molar refractivity (Wildman–Crippen MR) is 122 cm³/mol. The van der Waals surface area contributed by atoms with Crippen LogP contribution in [-0.2, 0) is 25.7 Å². The minimum absolute atomic E-state index is 1.05. The Hall–Kier alpha value is -2.22. The molecule has 4 aromatic rings. The lowest BCUT2D eigenvalue weighted by Gasteiger charge is -2.19. The summed E-state index contributed by atoms with van der Waals surface area (Å²) < 4.78 is 0. The first-order valence-electron chi connectivity index (χ1n) is 11.2. The van der Waals surface area contributed by atoms with Gasteiger partial charge in [-0.2, -0.15) is 0 Å². The van der Waals surface area contributed by atoms with Crippen LogP contribution in [0.2, 0.25) is 0 Å². The molecule has 0 saturated carbocycles. The van der Waals surface area contributed by atoms with Crippen LogP contribution in [0.1, 0.15) is 76.2 Å². The molecule has 0 unspecified atom stereocenters. The molecule has 0 radical (unpaired) electrons. The fourth-order valence-electron chi connectivity index (χ4n) is 4.73. The van der Waals surface area contributed by atoms with Crippen LogP contribution in [0.5, 0.6) is 0 Å². The molecule has 2 nitrogen and oxygen atoms in total. The Bertz CT molecular complexity index is 941. The summed E-state index contributed by atoms with van der Waals surface area (Å²) in [5, 5.41) is 8.29. The van der Waals surface area contributed by atoms with Gasteiger partial charge < -0.3 is 0 Å². The fourth-order valence-corrected chi connectivity index (χ4v) is 4.73. The van der Waals surface area contributed by atoms with E-state index in [2.05, 4.69) is 52.0 Å². The summed E-state index contributed by atoms with van der Waals surface area (Å²) in [6, 6.07) is 9.27. The van der Waals surface area contributed by atoms with E-state index in [1.165, 1.54) is 55.1 Å². The average molecular weight is 373 g/mol. The largest absolute Gasteiger partial charge is 0.257 e. The van der Waals surface area contributed by atoms with E-state index < -0.39 is 0 Å². The SMILES string of the molecule is CCCc1nc(CCC)c2ccc3c(CCC)nc(CCC)c4ccc1c2c43. The van der Waals surface area contributed by atoms with E-state index in [9.17, 15) is 0 Å². The lowest BCUT2D eigenvalue weighted by molar-refractivity contribution is 0.844. The van der Waals surface area contributed by atoms with Gasteiger partial charge in [-0.25, -0.2) is 0 Å². The molecule has 28 heavy (non-hydrogen) atoms. The van der Waals surface area contributed by atoms with E-state index >= 15 is 0 Å². The second-order valence-electron chi connectivity index (χ2n) is 8.08. The summed E-state index contributed by atoms with van der Waals surface area (Å²) in [6.07, 6.45) is 8.72. The molecular weight excluding hydrogens is 340 g/mol. The Balaban J connectivity index is 2.18. The average Bonchev–Trinajstić information content (AvgIpc) is 2.70. The number of rotatable bonds is 8. The number of benzene rings is 2. The smallest absolute Gasteiger partial charge is 0.0485 e. The molecule has 0 amide bonds.